The minimum atomic E-state index is 0.0553. The van der Waals surface area contributed by atoms with Gasteiger partial charge in [0.1, 0.15) is 6.33 Å². The van der Waals surface area contributed by atoms with Gasteiger partial charge >= 0.3 is 0 Å². The first-order valence-electron chi connectivity index (χ1n) is 7.17. The summed E-state index contributed by atoms with van der Waals surface area (Å²) in [5.74, 6) is 1.33. The van der Waals surface area contributed by atoms with Crippen LogP contribution in [0, 0.1) is 17.3 Å². The number of amides is 1. The highest BCUT2D eigenvalue weighted by molar-refractivity contribution is 5.83. The standard InChI is InChI=1S/C15H24N4O/c1-6-19-9-17-18-12(19)8-16-14(20)13-11(7-10(2)3)15(13,4)5/h7,9,11,13H,6,8H2,1-5H3,(H,16,20)/t11-,13-/m1/s1. The Balaban J connectivity index is 1.95. The van der Waals surface area contributed by atoms with Crippen molar-refractivity contribution in [2.24, 2.45) is 17.3 Å². The Morgan fingerprint density at radius 2 is 2.20 bits per heavy atom. The van der Waals surface area contributed by atoms with E-state index in [4.69, 9.17) is 0 Å². The van der Waals surface area contributed by atoms with Gasteiger partial charge in [-0.25, -0.2) is 0 Å². The van der Waals surface area contributed by atoms with Crippen molar-refractivity contribution in [1.82, 2.24) is 20.1 Å². The van der Waals surface area contributed by atoms with Gasteiger partial charge in [0.15, 0.2) is 5.82 Å². The minimum absolute atomic E-state index is 0.0553. The molecule has 1 aliphatic carbocycles. The molecule has 1 N–H and O–H groups in total. The maximum absolute atomic E-state index is 12.3. The summed E-state index contributed by atoms with van der Waals surface area (Å²) in [6.07, 6.45) is 3.90. The minimum Gasteiger partial charge on any atom is -0.349 e. The highest BCUT2D eigenvalue weighted by Crippen LogP contribution is 2.59. The fourth-order valence-corrected chi connectivity index (χ4v) is 2.80. The number of carbonyl (C=O) groups is 1. The lowest BCUT2D eigenvalue weighted by atomic mass is 10.1. The van der Waals surface area contributed by atoms with Gasteiger partial charge in [0.25, 0.3) is 0 Å². The van der Waals surface area contributed by atoms with Crippen molar-refractivity contribution >= 4 is 5.91 Å². The molecule has 2 rings (SSSR count). The normalized spacial score (nSPS) is 23.2. The van der Waals surface area contributed by atoms with Crippen LogP contribution in [0.4, 0.5) is 0 Å². The lowest BCUT2D eigenvalue weighted by molar-refractivity contribution is -0.123. The van der Waals surface area contributed by atoms with Gasteiger partial charge < -0.3 is 9.88 Å². The second-order valence-electron chi connectivity index (χ2n) is 6.32. The molecule has 1 amide bonds. The van der Waals surface area contributed by atoms with Gasteiger partial charge in [-0.1, -0.05) is 25.5 Å². The highest BCUT2D eigenvalue weighted by atomic mass is 16.2. The van der Waals surface area contributed by atoms with Gasteiger partial charge in [-0.3, -0.25) is 4.79 Å². The Morgan fingerprint density at radius 1 is 1.50 bits per heavy atom. The van der Waals surface area contributed by atoms with E-state index >= 15 is 0 Å². The molecule has 0 spiro atoms. The van der Waals surface area contributed by atoms with Crippen LogP contribution in [-0.2, 0) is 17.9 Å². The van der Waals surface area contributed by atoms with E-state index in [1.807, 2.05) is 11.5 Å². The first-order chi connectivity index (χ1) is 9.37. The zero-order valence-corrected chi connectivity index (χ0v) is 13.0. The SMILES string of the molecule is CCn1cnnc1CNC(=O)[C@H]1[C@@H](C=C(C)C)C1(C)C. The number of aryl methyl sites for hydroxylation is 1. The zero-order chi connectivity index (χ0) is 14.9. The van der Waals surface area contributed by atoms with E-state index in [1.54, 1.807) is 6.33 Å². The maximum Gasteiger partial charge on any atom is 0.224 e. The molecule has 5 heteroatoms. The van der Waals surface area contributed by atoms with Crippen molar-refractivity contribution in [3.63, 3.8) is 0 Å². The quantitative estimate of drug-likeness (QED) is 0.838. The molecule has 0 aromatic carbocycles. The maximum atomic E-state index is 12.3. The molecule has 1 heterocycles. The van der Waals surface area contributed by atoms with Crippen molar-refractivity contribution in [3.05, 3.63) is 23.8 Å². The summed E-state index contributed by atoms with van der Waals surface area (Å²) in [5.41, 5.74) is 1.32. The topological polar surface area (TPSA) is 59.8 Å². The predicted octanol–water partition coefficient (Wildman–Crippen LogP) is 2.15. The second-order valence-corrected chi connectivity index (χ2v) is 6.32. The van der Waals surface area contributed by atoms with Crippen LogP contribution in [0.2, 0.25) is 0 Å². The average Bonchev–Trinajstić information content (AvgIpc) is 2.76. The van der Waals surface area contributed by atoms with E-state index in [-0.39, 0.29) is 17.2 Å². The number of aromatic nitrogens is 3. The van der Waals surface area contributed by atoms with E-state index in [2.05, 4.69) is 49.3 Å². The molecule has 1 aromatic rings. The average molecular weight is 276 g/mol. The largest absolute Gasteiger partial charge is 0.349 e. The Kier molecular flexibility index (Phi) is 3.97. The Hall–Kier alpha value is -1.65. The summed E-state index contributed by atoms with van der Waals surface area (Å²) in [7, 11) is 0. The van der Waals surface area contributed by atoms with Crippen LogP contribution in [0.25, 0.3) is 0 Å². The van der Waals surface area contributed by atoms with E-state index in [9.17, 15) is 4.79 Å². The molecule has 2 atom stereocenters. The molecule has 0 aliphatic heterocycles. The third kappa shape index (κ3) is 2.76. The van der Waals surface area contributed by atoms with E-state index < -0.39 is 0 Å². The molecule has 0 unspecified atom stereocenters. The summed E-state index contributed by atoms with van der Waals surface area (Å²) < 4.78 is 1.94. The smallest absolute Gasteiger partial charge is 0.224 e. The zero-order valence-electron chi connectivity index (χ0n) is 13.0. The lowest BCUT2D eigenvalue weighted by Crippen LogP contribution is -2.27. The number of nitrogens with zero attached hydrogens (tertiary/aromatic N) is 3. The van der Waals surface area contributed by atoms with E-state index in [1.165, 1.54) is 5.57 Å². The molecule has 5 nitrogen and oxygen atoms in total. The lowest BCUT2D eigenvalue weighted by Gasteiger charge is -2.06. The molecule has 1 saturated carbocycles. The Morgan fingerprint density at radius 3 is 2.80 bits per heavy atom. The summed E-state index contributed by atoms with van der Waals surface area (Å²) in [4.78, 5) is 12.3. The summed E-state index contributed by atoms with van der Waals surface area (Å²) in [6, 6.07) is 0. The summed E-state index contributed by atoms with van der Waals surface area (Å²) >= 11 is 0. The number of rotatable bonds is 5. The van der Waals surface area contributed by atoms with Gasteiger partial charge in [0.2, 0.25) is 5.91 Å². The van der Waals surface area contributed by atoms with Crippen molar-refractivity contribution in [2.45, 2.75) is 47.7 Å². The molecule has 0 bridgehead atoms. The number of hydrogen-bond donors (Lipinski definition) is 1. The molecule has 1 aliphatic rings. The predicted molar refractivity (Wildman–Crippen MR) is 77.7 cm³/mol. The molecular weight excluding hydrogens is 252 g/mol. The van der Waals surface area contributed by atoms with Crippen molar-refractivity contribution in [1.29, 1.82) is 0 Å². The van der Waals surface area contributed by atoms with E-state index in [0.717, 1.165) is 12.4 Å². The molecular formula is C15H24N4O. The third-order valence-electron chi connectivity index (χ3n) is 4.16. The summed E-state index contributed by atoms with van der Waals surface area (Å²) in [6.45, 7) is 11.7. The molecule has 0 saturated heterocycles. The molecule has 0 radical (unpaired) electrons. The number of nitrogens with one attached hydrogen (secondary N) is 1. The van der Waals surface area contributed by atoms with Crippen molar-refractivity contribution in [2.75, 3.05) is 0 Å². The summed E-state index contributed by atoms with van der Waals surface area (Å²) in [5, 5.41) is 10.9. The van der Waals surface area contributed by atoms with Crippen LogP contribution in [0.15, 0.2) is 18.0 Å². The van der Waals surface area contributed by atoms with Crippen LogP contribution in [0.3, 0.4) is 0 Å². The van der Waals surface area contributed by atoms with Crippen molar-refractivity contribution in [3.8, 4) is 0 Å². The molecule has 20 heavy (non-hydrogen) atoms. The van der Waals surface area contributed by atoms with Gasteiger partial charge in [0.05, 0.1) is 12.5 Å². The monoisotopic (exact) mass is 276 g/mol. The fourth-order valence-electron chi connectivity index (χ4n) is 2.80. The molecule has 1 fully saturated rings. The van der Waals surface area contributed by atoms with Crippen LogP contribution in [0.5, 0.6) is 0 Å². The fraction of sp³-hybridized carbons (Fsp3) is 0.667. The first-order valence-corrected chi connectivity index (χ1v) is 7.17. The number of hydrogen-bond acceptors (Lipinski definition) is 3. The van der Waals surface area contributed by atoms with Gasteiger partial charge in [-0.05, 0) is 32.1 Å². The van der Waals surface area contributed by atoms with Crippen LogP contribution in [0.1, 0.15) is 40.4 Å². The Bertz CT molecular complexity index is 526. The molecule has 110 valence electrons. The third-order valence-corrected chi connectivity index (χ3v) is 4.16. The van der Waals surface area contributed by atoms with Crippen LogP contribution >= 0.6 is 0 Å². The molecule has 1 aromatic heterocycles. The van der Waals surface area contributed by atoms with Crippen LogP contribution < -0.4 is 5.32 Å². The first kappa shape index (κ1) is 14.8. The van der Waals surface area contributed by atoms with Crippen LogP contribution in [-0.4, -0.2) is 20.7 Å². The van der Waals surface area contributed by atoms with Gasteiger partial charge in [-0.15, -0.1) is 10.2 Å². The Labute approximate surface area is 120 Å². The number of allylic oxidation sites excluding steroid dienone is 2. The van der Waals surface area contributed by atoms with Gasteiger partial charge in [0, 0.05) is 6.54 Å². The number of carbonyl (C=O) groups excluding carboxylic acids is 1. The highest BCUT2D eigenvalue weighted by Gasteiger charge is 2.60. The van der Waals surface area contributed by atoms with E-state index in [0.29, 0.717) is 12.5 Å². The van der Waals surface area contributed by atoms with Crippen molar-refractivity contribution < 1.29 is 4.79 Å². The second kappa shape index (κ2) is 5.38. The van der Waals surface area contributed by atoms with Gasteiger partial charge in [-0.2, -0.15) is 0 Å².